The summed E-state index contributed by atoms with van der Waals surface area (Å²) < 4.78 is 12.0. The Hall–Kier alpha value is -1.52. The molecule has 21 heavy (non-hydrogen) atoms. The molecule has 0 spiro atoms. The first-order valence-corrected chi connectivity index (χ1v) is 7.73. The summed E-state index contributed by atoms with van der Waals surface area (Å²) in [5, 5.41) is 10.9. The third-order valence-corrected chi connectivity index (χ3v) is 4.39. The Labute approximate surface area is 132 Å². The Morgan fingerprint density at radius 1 is 1.29 bits per heavy atom. The highest BCUT2D eigenvalue weighted by Gasteiger charge is 2.30. The fraction of sp³-hybridized carbons (Fsp3) is 0.294. The van der Waals surface area contributed by atoms with Crippen LogP contribution in [-0.2, 0) is 0 Å². The number of aliphatic hydroxyl groups excluding tert-OH is 1. The summed E-state index contributed by atoms with van der Waals surface area (Å²) in [6, 6.07) is 13.6. The predicted molar refractivity (Wildman–Crippen MR) is 84.9 cm³/mol. The minimum atomic E-state index is -0.623. The summed E-state index contributed by atoms with van der Waals surface area (Å²) >= 11 is 3.46. The molecule has 4 heteroatoms. The zero-order valence-electron chi connectivity index (χ0n) is 11.8. The molecule has 1 aliphatic rings. The van der Waals surface area contributed by atoms with Gasteiger partial charge in [0.05, 0.1) is 19.8 Å². The molecule has 3 rings (SSSR count). The van der Waals surface area contributed by atoms with Gasteiger partial charge in [-0.1, -0.05) is 34.1 Å². The number of rotatable bonds is 3. The van der Waals surface area contributed by atoms with Crippen molar-refractivity contribution in [1.82, 2.24) is 0 Å². The van der Waals surface area contributed by atoms with Gasteiger partial charge in [-0.05, 0) is 30.7 Å². The van der Waals surface area contributed by atoms with E-state index in [9.17, 15) is 5.11 Å². The lowest BCUT2D eigenvalue weighted by atomic mass is 9.85. The van der Waals surface area contributed by atoms with Crippen molar-refractivity contribution in [2.24, 2.45) is 0 Å². The lowest BCUT2D eigenvalue weighted by Gasteiger charge is -2.30. The number of halogens is 1. The SMILES string of the molecule is COc1ccc(Br)cc1C(O)C1CCOc2ccccc21. The molecule has 0 saturated heterocycles. The molecule has 2 aromatic rings. The van der Waals surface area contributed by atoms with Gasteiger partial charge in [-0.25, -0.2) is 0 Å². The number of para-hydroxylation sites is 1. The van der Waals surface area contributed by atoms with Crippen LogP contribution in [0.4, 0.5) is 0 Å². The molecule has 0 amide bonds. The third-order valence-electron chi connectivity index (χ3n) is 3.90. The van der Waals surface area contributed by atoms with E-state index in [1.165, 1.54) is 0 Å². The monoisotopic (exact) mass is 348 g/mol. The molecule has 0 bridgehead atoms. The van der Waals surface area contributed by atoms with Crippen molar-refractivity contribution in [3.8, 4) is 11.5 Å². The zero-order chi connectivity index (χ0) is 14.8. The summed E-state index contributed by atoms with van der Waals surface area (Å²) in [5.74, 6) is 1.58. The van der Waals surface area contributed by atoms with Gasteiger partial charge in [-0.2, -0.15) is 0 Å². The molecule has 1 heterocycles. The first kappa shape index (κ1) is 14.4. The molecule has 0 aliphatic carbocycles. The Balaban J connectivity index is 2.00. The van der Waals surface area contributed by atoms with Gasteiger partial charge in [0.15, 0.2) is 0 Å². The van der Waals surface area contributed by atoms with Crippen LogP contribution >= 0.6 is 15.9 Å². The van der Waals surface area contributed by atoms with E-state index in [4.69, 9.17) is 9.47 Å². The van der Waals surface area contributed by atoms with Gasteiger partial charge in [0.1, 0.15) is 11.5 Å². The maximum absolute atomic E-state index is 10.9. The van der Waals surface area contributed by atoms with Crippen LogP contribution in [0.3, 0.4) is 0 Å². The van der Waals surface area contributed by atoms with E-state index < -0.39 is 6.10 Å². The van der Waals surface area contributed by atoms with Crippen molar-refractivity contribution in [3.63, 3.8) is 0 Å². The first-order chi connectivity index (χ1) is 10.2. The largest absolute Gasteiger partial charge is 0.496 e. The molecule has 1 N–H and O–H groups in total. The average Bonchev–Trinajstić information content (AvgIpc) is 2.53. The molecule has 0 radical (unpaired) electrons. The maximum atomic E-state index is 10.9. The van der Waals surface area contributed by atoms with E-state index in [0.717, 1.165) is 27.8 Å². The summed E-state index contributed by atoms with van der Waals surface area (Å²) in [4.78, 5) is 0. The molecular weight excluding hydrogens is 332 g/mol. The highest BCUT2D eigenvalue weighted by molar-refractivity contribution is 9.10. The van der Waals surface area contributed by atoms with Gasteiger partial charge in [-0.15, -0.1) is 0 Å². The van der Waals surface area contributed by atoms with Crippen molar-refractivity contribution in [2.75, 3.05) is 13.7 Å². The summed E-state index contributed by atoms with van der Waals surface area (Å²) in [6.07, 6.45) is 0.163. The molecule has 2 atom stereocenters. The number of fused-ring (bicyclic) bond motifs is 1. The lowest BCUT2D eigenvalue weighted by Crippen LogP contribution is -2.20. The van der Waals surface area contributed by atoms with Gasteiger partial charge in [0, 0.05) is 21.5 Å². The number of aliphatic hydroxyl groups is 1. The van der Waals surface area contributed by atoms with Crippen molar-refractivity contribution in [3.05, 3.63) is 58.1 Å². The van der Waals surface area contributed by atoms with E-state index in [0.29, 0.717) is 12.4 Å². The molecule has 2 unspecified atom stereocenters. The quantitative estimate of drug-likeness (QED) is 0.908. The Kier molecular flexibility index (Phi) is 4.17. The maximum Gasteiger partial charge on any atom is 0.124 e. The van der Waals surface area contributed by atoms with Crippen LogP contribution in [0.2, 0.25) is 0 Å². The smallest absolute Gasteiger partial charge is 0.124 e. The highest BCUT2D eigenvalue weighted by Crippen LogP contribution is 2.43. The van der Waals surface area contributed by atoms with Crippen LogP contribution in [0, 0.1) is 0 Å². The van der Waals surface area contributed by atoms with E-state index in [1.54, 1.807) is 7.11 Å². The zero-order valence-corrected chi connectivity index (χ0v) is 13.3. The topological polar surface area (TPSA) is 38.7 Å². The Morgan fingerprint density at radius 2 is 2.10 bits per heavy atom. The number of hydrogen-bond acceptors (Lipinski definition) is 3. The molecular formula is C17H17BrO3. The van der Waals surface area contributed by atoms with E-state index >= 15 is 0 Å². The molecule has 3 nitrogen and oxygen atoms in total. The molecule has 110 valence electrons. The van der Waals surface area contributed by atoms with Crippen LogP contribution in [-0.4, -0.2) is 18.8 Å². The summed E-state index contributed by atoms with van der Waals surface area (Å²) in [5.41, 5.74) is 1.85. The number of benzene rings is 2. The second-order valence-electron chi connectivity index (χ2n) is 5.11. The van der Waals surface area contributed by atoms with Crippen LogP contribution < -0.4 is 9.47 Å². The van der Waals surface area contributed by atoms with E-state index in [1.807, 2.05) is 42.5 Å². The van der Waals surface area contributed by atoms with Crippen LogP contribution in [0.15, 0.2) is 46.9 Å². The number of methoxy groups -OCH3 is 1. The average molecular weight is 349 g/mol. The normalized spacial score (nSPS) is 18.5. The van der Waals surface area contributed by atoms with Gasteiger partial charge < -0.3 is 14.6 Å². The highest BCUT2D eigenvalue weighted by atomic mass is 79.9. The number of ether oxygens (including phenoxy) is 2. The van der Waals surface area contributed by atoms with E-state index in [-0.39, 0.29) is 5.92 Å². The molecule has 0 fully saturated rings. The standard InChI is InChI=1S/C17H17BrO3/c1-20-15-7-6-11(18)10-14(15)17(19)13-8-9-21-16-5-3-2-4-12(13)16/h2-7,10,13,17,19H,8-9H2,1H3. The van der Waals surface area contributed by atoms with Crippen molar-refractivity contribution < 1.29 is 14.6 Å². The first-order valence-electron chi connectivity index (χ1n) is 6.94. The summed E-state index contributed by atoms with van der Waals surface area (Å²) in [6.45, 7) is 0.620. The third kappa shape index (κ3) is 2.78. The predicted octanol–water partition coefficient (Wildman–Crippen LogP) is 4.06. The lowest BCUT2D eigenvalue weighted by molar-refractivity contribution is 0.114. The van der Waals surface area contributed by atoms with Crippen molar-refractivity contribution in [2.45, 2.75) is 18.4 Å². The second-order valence-corrected chi connectivity index (χ2v) is 6.03. The van der Waals surface area contributed by atoms with Crippen LogP contribution in [0.5, 0.6) is 11.5 Å². The van der Waals surface area contributed by atoms with Gasteiger partial charge >= 0.3 is 0 Å². The van der Waals surface area contributed by atoms with Gasteiger partial charge in [0.25, 0.3) is 0 Å². The minimum Gasteiger partial charge on any atom is -0.496 e. The minimum absolute atomic E-state index is 0.0122. The van der Waals surface area contributed by atoms with Gasteiger partial charge in [0.2, 0.25) is 0 Å². The fourth-order valence-electron chi connectivity index (χ4n) is 2.85. The van der Waals surface area contributed by atoms with Crippen molar-refractivity contribution >= 4 is 15.9 Å². The molecule has 2 aromatic carbocycles. The number of hydrogen-bond donors (Lipinski definition) is 1. The Morgan fingerprint density at radius 3 is 2.90 bits per heavy atom. The van der Waals surface area contributed by atoms with Crippen LogP contribution in [0.1, 0.15) is 29.6 Å². The van der Waals surface area contributed by atoms with Gasteiger partial charge in [-0.3, -0.25) is 0 Å². The summed E-state index contributed by atoms with van der Waals surface area (Å²) in [7, 11) is 1.62. The van der Waals surface area contributed by atoms with Crippen LogP contribution in [0.25, 0.3) is 0 Å². The second kappa shape index (κ2) is 6.08. The molecule has 0 aromatic heterocycles. The van der Waals surface area contributed by atoms with Crippen molar-refractivity contribution in [1.29, 1.82) is 0 Å². The Bertz CT molecular complexity index is 642. The molecule has 1 aliphatic heterocycles. The fourth-order valence-corrected chi connectivity index (χ4v) is 3.23. The molecule has 0 saturated carbocycles. The van der Waals surface area contributed by atoms with E-state index in [2.05, 4.69) is 15.9 Å².